The van der Waals surface area contributed by atoms with Crippen molar-refractivity contribution in [2.75, 3.05) is 19.7 Å². The number of nitrogens with zero attached hydrogens (tertiary/aromatic N) is 1. The average molecular weight is 436 g/mol. The lowest BCUT2D eigenvalue weighted by Gasteiger charge is -2.32. The first-order chi connectivity index (χ1) is 13.8. The van der Waals surface area contributed by atoms with Crippen LogP contribution in [-0.2, 0) is 26.0 Å². The molecule has 0 aliphatic carbocycles. The number of ether oxygens (including phenoxy) is 1. The molecule has 0 unspecified atom stereocenters. The summed E-state index contributed by atoms with van der Waals surface area (Å²) < 4.78 is 33.0. The van der Waals surface area contributed by atoms with Crippen molar-refractivity contribution in [3.63, 3.8) is 0 Å². The van der Waals surface area contributed by atoms with Crippen LogP contribution in [0.25, 0.3) is 0 Å². The van der Waals surface area contributed by atoms with E-state index in [-0.39, 0.29) is 17.3 Å². The first-order valence-electron chi connectivity index (χ1n) is 9.82. The first kappa shape index (κ1) is 21.8. The van der Waals surface area contributed by atoms with Crippen LogP contribution in [0.1, 0.15) is 42.4 Å². The standard InChI is InChI=1S/C22H26ClNO4S/c1-3-28-22(25)15-17-5-4-16(2)21(14-17)29(26,27)24-12-10-19(11-13-24)18-6-8-20(23)9-7-18/h4-9,14,19H,3,10-13,15H2,1-2H3. The maximum absolute atomic E-state index is 13.3. The Morgan fingerprint density at radius 3 is 2.41 bits per heavy atom. The van der Waals surface area contributed by atoms with Gasteiger partial charge in [0.05, 0.1) is 17.9 Å². The Balaban J connectivity index is 1.74. The summed E-state index contributed by atoms with van der Waals surface area (Å²) in [5.41, 5.74) is 2.51. The smallest absolute Gasteiger partial charge is 0.310 e. The zero-order valence-corrected chi connectivity index (χ0v) is 18.3. The number of halogens is 1. The van der Waals surface area contributed by atoms with Crippen LogP contribution in [0.3, 0.4) is 0 Å². The van der Waals surface area contributed by atoms with Gasteiger partial charge >= 0.3 is 5.97 Å². The number of piperidine rings is 1. The molecule has 5 nitrogen and oxygen atoms in total. The van der Waals surface area contributed by atoms with E-state index in [1.165, 1.54) is 5.56 Å². The van der Waals surface area contributed by atoms with Gasteiger partial charge in [-0.25, -0.2) is 8.42 Å². The quantitative estimate of drug-likeness (QED) is 0.634. The van der Waals surface area contributed by atoms with Gasteiger partial charge < -0.3 is 4.74 Å². The molecule has 0 bridgehead atoms. The largest absolute Gasteiger partial charge is 0.466 e. The summed E-state index contributed by atoms with van der Waals surface area (Å²) in [5.74, 6) is -0.0292. The van der Waals surface area contributed by atoms with E-state index in [0.29, 0.717) is 41.8 Å². The summed E-state index contributed by atoms with van der Waals surface area (Å²) >= 11 is 5.96. The van der Waals surface area contributed by atoms with Gasteiger partial charge in [0.1, 0.15) is 0 Å². The van der Waals surface area contributed by atoms with E-state index in [1.54, 1.807) is 36.4 Å². The Labute approximate surface area is 177 Å². The van der Waals surface area contributed by atoms with Gasteiger partial charge in [0.15, 0.2) is 0 Å². The molecule has 156 valence electrons. The van der Waals surface area contributed by atoms with Crippen LogP contribution >= 0.6 is 11.6 Å². The van der Waals surface area contributed by atoms with Crippen molar-refractivity contribution in [1.82, 2.24) is 4.31 Å². The molecule has 0 saturated carbocycles. The third-order valence-electron chi connectivity index (χ3n) is 5.32. The number of sulfonamides is 1. The van der Waals surface area contributed by atoms with Gasteiger partial charge in [-0.15, -0.1) is 0 Å². The third kappa shape index (κ3) is 5.18. The molecule has 2 aromatic carbocycles. The molecule has 1 aliphatic rings. The van der Waals surface area contributed by atoms with Crippen LogP contribution in [0.5, 0.6) is 0 Å². The minimum absolute atomic E-state index is 0.0648. The van der Waals surface area contributed by atoms with Gasteiger partial charge in [0.25, 0.3) is 0 Å². The average Bonchev–Trinajstić information content (AvgIpc) is 2.70. The predicted molar refractivity (Wildman–Crippen MR) is 114 cm³/mol. The number of rotatable bonds is 6. The summed E-state index contributed by atoms with van der Waals surface area (Å²) in [6, 6.07) is 12.9. The Morgan fingerprint density at radius 2 is 1.79 bits per heavy atom. The molecule has 1 fully saturated rings. The summed E-state index contributed by atoms with van der Waals surface area (Å²) in [6.07, 6.45) is 1.60. The van der Waals surface area contributed by atoms with Gasteiger partial charge in [-0.05, 0) is 67.5 Å². The topological polar surface area (TPSA) is 63.7 Å². The van der Waals surface area contributed by atoms with Crippen LogP contribution in [0.15, 0.2) is 47.4 Å². The zero-order valence-electron chi connectivity index (χ0n) is 16.7. The molecule has 0 spiro atoms. The second-order valence-corrected chi connectivity index (χ2v) is 9.65. The Bertz CT molecular complexity index is 965. The zero-order chi connectivity index (χ0) is 21.0. The van der Waals surface area contributed by atoms with Gasteiger partial charge in [-0.3, -0.25) is 4.79 Å². The van der Waals surface area contributed by atoms with Crippen molar-refractivity contribution in [3.8, 4) is 0 Å². The molecule has 29 heavy (non-hydrogen) atoms. The fourth-order valence-electron chi connectivity index (χ4n) is 3.71. The normalized spacial score (nSPS) is 16.0. The van der Waals surface area contributed by atoms with Crippen LogP contribution in [0.4, 0.5) is 0 Å². The van der Waals surface area contributed by atoms with Crippen LogP contribution in [0, 0.1) is 6.92 Å². The molecule has 0 radical (unpaired) electrons. The molecule has 0 aromatic heterocycles. The molecular formula is C22H26ClNO4S. The Kier molecular flexibility index (Phi) is 6.98. The lowest BCUT2D eigenvalue weighted by molar-refractivity contribution is -0.142. The summed E-state index contributed by atoms with van der Waals surface area (Å²) in [4.78, 5) is 12.0. The van der Waals surface area contributed by atoms with E-state index >= 15 is 0 Å². The van der Waals surface area contributed by atoms with Crippen molar-refractivity contribution in [3.05, 3.63) is 64.2 Å². The lowest BCUT2D eigenvalue weighted by atomic mass is 9.90. The SMILES string of the molecule is CCOC(=O)Cc1ccc(C)c(S(=O)(=O)N2CCC(c3ccc(Cl)cc3)CC2)c1. The predicted octanol–water partition coefficient (Wildman–Crippen LogP) is 4.32. The maximum atomic E-state index is 13.3. The van der Waals surface area contributed by atoms with E-state index < -0.39 is 10.0 Å². The molecule has 0 atom stereocenters. The highest BCUT2D eigenvalue weighted by Gasteiger charge is 2.31. The highest BCUT2D eigenvalue weighted by atomic mass is 35.5. The van der Waals surface area contributed by atoms with E-state index in [1.807, 2.05) is 24.3 Å². The second kappa shape index (κ2) is 9.28. The fourth-order valence-corrected chi connectivity index (χ4v) is 5.59. The molecule has 1 heterocycles. The summed E-state index contributed by atoms with van der Waals surface area (Å²) in [6.45, 7) is 4.77. The highest BCUT2D eigenvalue weighted by Crippen LogP contribution is 2.32. The Hall–Kier alpha value is -1.89. The van der Waals surface area contributed by atoms with E-state index in [2.05, 4.69) is 0 Å². The van der Waals surface area contributed by atoms with Gasteiger partial charge in [-0.1, -0.05) is 35.9 Å². The van der Waals surface area contributed by atoms with Crippen molar-refractivity contribution >= 4 is 27.6 Å². The van der Waals surface area contributed by atoms with Crippen molar-refractivity contribution in [1.29, 1.82) is 0 Å². The summed E-state index contributed by atoms with van der Waals surface area (Å²) in [5, 5.41) is 0.701. The molecule has 2 aromatic rings. The number of aryl methyl sites for hydroxylation is 1. The van der Waals surface area contributed by atoms with Crippen LogP contribution in [0.2, 0.25) is 5.02 Å². The molecule has 1 saturated heterocycles. The monoisotopic (exact) mass is 435 g/mol. The van der Waals surface area contributed by atoms with Crippen LogP contribution in [-0.4, -0.2) is 38.4 Å². The molecule has 0 N–H and O–H groups in total. The minimum Gasteiger partial charge on any atom is -0.466 e. The van der Waals surface area contributed by atoms with Crippen molar-refractivity contribution in [2.45, 2.75) is 43.9 Å². The molecule has 3 rings (SSSR count). The first-order valence-corrected chi connectivity index (χ1v) is 11.6. The molecule has 0 amide bonds. The fraction of sp³-hybridized carbons (Fsp3) is 0.409. The second-order valence-electron chi connectivity index (χ2n) is 7.31. The lowest BCUT2D eigenvalue weighted by Crippen LogP contribution is -2.38. The summed E-state index contributed by atoms with van der Waals surface area (Å²) in [7, 11) is -3.62. The third-order valence-corrected chi connectivity index (χ3v) is 7.61. The molecule has 7 heteroatoms. The molecule has 1 aliphatic heterocycles. The number of hydrogen-bond donors (Lipinski definition) is 0. The number of esters is 1. The van der Waals surface area contributed by atoms with Gasteiger partial charge in [0, 0.05) is 18.1 Å². The van der Waals surface area contributed by atoms with E-state index in [4.69, 9.17) is 16.3 Å². The number of carbonyl (C=O) groups excluding carboxylic acids is 1. The van der Waals surface area contributed by atoms with Crippen molar-refractivity contribution < 1.29 is 17.9 Å². The maximum Gasteiger partial charge on any atom is 0.310 e. The van der Waals surface area contributed by atoms with Gasteiger partial charge in [-0.2, -0.15) is 4.31 Å². The van der Waals surface area contributed by atoms with E-state index in [0.717, 1.165) is 12.8 Å². The highest BCUT2D eigenvalue weighted by molar-refractivity contribution is 7.89. The number of hydrogen-bond acceptors (Lipinski definition) is 4. The number of carbonyl (C=O) groups is 1. The minimum atomic E-state index is -3.62. The van der Waals surface area contributed by atoms with Gasteiger partial charge in [0.2, 0.25) is 10.0 Å². The van der Waals surface area contributed by atoms with E-state index in [9.17, 15) is 13.2 Å². The van der Waals surface area contributed by atoms with Crippen LogP contribution < -0.4 is 0 Å². The van der Waals surface area contributed by atoms with Crippen molar-refractivity contribution in [2.24, 2.45) is 0 Å². The molecular weight excluding hydrogens is 410 g/mol. The Morgan fingerprint density at radius 1 is 1.14 bits per heavy atom. The number of benzene rings is 2.